The Hall–Kier alpha value is -1.12. The van der Waals surface area contributed by atoms with E-state index in [2.05, 4.69) is 5.32 Å². The Morgan fingerprint density at radius 3 is 2.36 bits per heavy atom. The van der Waals surface area contributed by atoms with Crippen molar-refractivity contribution in [3.05, 3.63) is 29.8 Å². The van der Waals surface area contributed by atoms with Gasteiger partial charge in [0.1, 0.15) is 0 Å². The van der Waals surface area contributed by atoms with Crippen LogP contribution < -0.4 is 5.32 Å². The maximum atomic E-state index is 12.2. The highest BCUT2D eigenvalue weighted by Gasteiger charge is 2.09. The SMILES string of the molecule is CNc1ccccc1C(F)F. The van der Waals surface area contributed by atoms with Gasteiger partial charge < -0.3 is 5.32 Å². The monoisotopic (exact) mass is 157 g/mol. The summed E-state index contributed by atoms with van der Waals surface area (Å²) in [5, 5.41) is 2.70. The number of hydrogen-bond donors (Lipinski definition) is 1. The van der Waals surface area contributed by atoms with Gasteiger partial charge in [-0.05, 0) is 6.07 Å². The predicted octanol–water partition coefficient (Wildman–Crippen LogP) is 2.67. The second-order valence-electron chi connectivity index (χ2n) is 2.14. The van der Waals surface area contributed by atoms with E-state index in [-0.39, 0.29) is 5.56 Å². The van der Waals surface area contributed by atoms with E-state index >= 15 is 0 Å². The predicted molar refractivity (Wildman–Crippen MR) is 40.9 cm³/mol. The van der Waals surface area contributed by atoms with Crippen molar-refractivity contribution in [2.24, 2.45) is 0 Å². The van der Waals surface area contributed by atoms with E-state index in [0.29, 0.717) is 5.69 Å². The molecule has 0 bridgehead atoms. The molecule has 0 fully saturated rings. The smallest absolute Gasteiger partial charge is 0.265 e. The number of alkyl halides is 2. The van der Waals surface area contributed by atoms with Crippen LogP contribution in [0, 0.1) is 0 Å². The Morgan fingerprint density at radius 1 is 1.27 bits per heavy atom. The van der Waals surface area contributed by atoms with E-state index in [4.69, 9.17) is 0 Å². The molecule has 0 saturated carbocycles. The summed E-state index contributed by atoms with van der Waals surface area (Å²) in [6.07, 6.45) is -2.40. The molecule has 1 rings (SSSR count). The van der Waals surface area contributed by atoms with Crippen LogP contribution in [0.4, 0.5) is 14.5 Å². The minimum absolute atomic E-state index is 0.0509. The zero-order chi connectivity index (χ0) is 8.27. The molecule has 1 N–H and O–H groups in total. The Morgan fingerprint density at radius 2 is 1.91 bits per heavy atom. The van der Waals surface area contributed by atoms with Crippen molar-refractivity contribution in [1.29, 1.82) is 0 Å². The Labute approximate surface area is 64.0 Å². The van der Waals surface area contributed by atoms with Gasteiger partial charge in [-0.1, -0.05) is 18.2 Å². The third kappa shape index (κ3) is 1.67. The fourth-order valence-corrected chi connectivity index (χ4v) is 0.915. The Balaban J connectivity index is 3.02. The standard InChI is InChI=1S/C8H9F2N/c1-11-7-5-3-2-4-6(7)8(9)10/h2-5,8,11H,1H3. The van der Waals surface area contributed by atoms with Crippen molar-refractivity contribution < 1.29 is 8.78 Å². The molecule has 1 nitrogen and oxygen atoms in total. The van der Waals surface area contributed by atoms with Gasteiger partial charge in [-0.25, -0.2) is 8.78 Å². The first kappa shape index (κ1) is 7.98. The summed E-state index contributed by atoms with van der Waals surface area (Å²) in [5.41, 5.74) is 0.539. The maximum Gasteiger partial charge on any atom is 0.265 e. The van der Waals surface area contributed by atoms with Crippen LogP contribution in [0.3, 0.4) is 0 Å². The maximum absolute atomic E-state index is 12.2. The van der Waals surface area contributed by atoms with Crippen LogP contribution in [0.15, 0.2) is 24.3 Å². The number of anilines is 1. The van der Waals surface area contributed by atoms with Crippen LogP contribution in [0.5, 0.6) is 0 Å². The molecule has 0 spiro atoms. The van der Waals surface area contributed by atoms with Gasteiger partial charge in [0.25, 0.3) is 6.43 Å². The van der Waals surface area contributed by atoms with Crippen LogP contribution >= 0.6 is 0 Å². The lowest BCUT2D eigenvalue weighted by atomic mass is 10.2. The van der Waals surface area contributed by atoms with Gasteiger partial charge >= 0.3 is 0 Å². The van der Waals surface area contributed by atoms with Crippen molar-refractivity contribution >= 4 is 5.69 Å². The summed E-state index contributed by atoms with van der Waals surface area (Å²) in [4.78, 5) is 0. The average molecular weight is 157 g/mol. The molecule has 0 radical (unpaired) electrons. The van der Waals surface area contributed by atoms with Gasteiger partial charge in [0.15, 0.2) is 0 Å². The molecule has 0 saturated heterocycles. The lowest BCUT2D eigenvalue weighted by molar-refractivity contribution is 0.152. The van der Waals surface area contributed by atoms with Gasteiger partial charge in [0.05, 0.1) is 0 Å². The molecule has 3 heteroatoms. The summed E-state index contributed by atoms with van der Waals surface area (Å²) >= 11 is 0. The molecular formula is C8H9F2N. The van der Waals surface area contributed by atoms with E-state index in [1.807, 2.05) is 0 Å². The summed E-state index contributed by atoms with van der Waals surface area (Å²) < 4.78 is 24.3. The average Bonchev–Trinajstić information content (AvgIpc) is 2.04. The zero-order valence-electron chi connectivity index (χ0n) is 6.14. The first-order valence-corrected chi connectivity index (χ1v) is 3.30. The lowest BCUT2D eigenvalue weighted by Gasteiger charge is -2.06. The van der Waals surface area contributed by atoms with Gasteiger partial charge in [0, 0.05) is 18.3 Å². The van der Waals surface area contributed by atoms with Gasteiger partial charge in [-0.15, -0.1) is 0 Å². The van der Waals surface area contributed by atoms with Crippen LogP contribution in [0.1, 0.15) is 12.0 Å². The summed E-state index contributed by atoms with van der Waals surface area (Å²) in [6.45, 7) is 0. The van der Waals surface area contributed by atoms with Gasteiger partial charge in [-0.3, -0.25) is 0 Å². The molecule has 1 aromatic rings. The number of rotatable bonds is 2. The van der Waals surface area contributed by atoms with Crippen LogP contribution in [0.2, 0.25) is 0 Å². The van der Waals surface area contributed by atoms with E-state index in [9.17, 15) is 8.78 Å². The van der Waals surface area contributed by atoms with Gasteiger partial charge in [0.2, 0.25) is 0 Å². The molecule has 0 amide bonds. The Kier molecular flexibility index (Phi) is 2.41. The second kappa shape index (κ2) is 3.32. The largest absolute Gasteiger partial charge is 0.388 e. The highest BCUT2D eigenvalue weighted by atomic mass is 19.3. The molecular weight excluding hydrogens is 148 g/mol. The highest BCUT2D eigenvalue weighted by Crippen LogP contribution is 2.25. The van der Waals surface area contributed by atoms with E-state index in [1.54, 1.807) is 25.2 Å². The minimum Gasteiger partial charge on any atom is -0.388 e. The minimum atomic E-state index is -2.40. The lowest BCUT2D eigenvalue weighted by Crippen LogP contribution is -1.94. The van der Waals surface area contributed by atoms with Crippen LogP contribution in [0.25, 0.3) is 0 Å². The summed E-state index contributed by atoms with van der Waals surface area (Å²) in [6, 6.07) is 6.36. The molecule has 11 heavy (non-hydrogen) atoms. The number of hydrogen-bond acceptors (Lipinski definition) is 1. The molecule has 0 unspecified atom stereocenters. The number of para-hydroxylation sites is 1. The van der Waals surface area contributed by atoms with Crippen molar-refractivity contribution in [3.8, 4) is 0 Å². The van der Waals surface area contributed by atoms with Gasteiger partial charge in [-0.2, -0.15) is 0 Å². The topological polar surface area (TPSA) is 12.0 Å². The van der Waals surface area contributed by atoms with Crippen molar-refractivity contribution in [2.75, 3.05) is 12.4 Å². The molecule has 0 aliphatic heterocycles. The molecule has 0 atom stereocenters. The van der Waals surface area contributed by atoms with E-state index in [1.165, 1.54) is 6.07 Å². The fraction of sp³-hybridized carbons (Fsp3) is 0.250. The molecule has 0 aromatic heterocycles. The highest BCUT2D eigenvalue weighted by molar-refractivity contribution is 5.50. The third-order valence-electron chi connectivity index (χ3n) is 1.47. The first-order chi connectivity index (χ1) is 5.25. The zero-order valence-corrected chi connectivity index (χ0v) is 6.14. The summed E-state index contributed by atoms with van der Waals surface area (Å²) in [5.74, 6) is 0. The van der Waals surface area contributed by atoms with E-state index in [0.717, 1.165) is 0 Å². The van der Waals surface area contributed by atoms with Crippen LogP contribution in [-0.4, -0.2) is 7.05 Å². The third-order valence-corrected chi connectivity index (χ3v) is 1.47. The summed E-state index contributed by atoms with van der Waals surface area (Å²) in [7, 11) is 1.63. The number of benzene rings is 1. The van der Waals surface area contributed by atoms with Crippen molar-refractivity contribution in [3.63, 3.8) is 0 Å². The number of nitrogens with one attached hydrogen (secondary N) is 1. The van der Waals surface area contributed by atoms with Crippen molar-refractivity contribution in [2.45, 2.75) is 6.43 Å². The second-order valence-corrected chi connectivity index (χ2v) is 2.14. The quantitative estimate of drug-likeness (QED) is 0.695. The fourth-order valence-electron chi connectivity index (χ4n) is 0.915. The number of halogens is 2. The van der Waals surface area contributed by atoms with Crippen molar-refractivity contribution in [1.82, 2.24) is 0 Å². The molecule has 0 aliphatic carbocycles. The molecule has 0 aliphatic rings. The normalized spacial score (nSPS) is 10.2. The first-order valence-electron chi connectivity index (χ1n) is 3.30. The molecule has 60 valence electrons. The molecule has 0 heterocycles. The van der Waals surface area contributed by atoms with E-state index < -0.39 is 6.43 Å². The molecule has 1 aromatic carbocycles. The van der Waals surface area contributed by atoms with Crippen LogP contribution in [-0.2, 0) is 0 Å². The Bertz CT molecular complexity index is 235.